The van der Waals surface area contributed by atoms with Gasteiger partial charge in [0.15, 0.2) is 0 Å². The molecule has 2 heteroatoms. The van der Waals surface area contributed by atoms with Crippen LogP contribution in [0.3, 0.4) is 0 Å². The Morgan fingerprint density at radius 3 is 2.88 bits per heavy atom. The third-order valence-corrected chi connectivity index (χ3v) is 3.76. The van der Waals surface area contributed by atoms with E-state index < -0.39 is 0 Å². The number of benzene rings is 1. The van der Waals surface area contributed by atoms with Gasteiger partial charge in [-0.2, -0.15) is 0 Å². The summed E-state index contributed by atoms with van der Waals surface area (Å²) in [5.74, 6) is 1.55. The first-order chi connectivity index (χ1) is 7.58. The Balaban J connectivity index is 2.38. The molecule has 1 aliphatic heterocycles. The number of fused-ring (bicyclic) bond motifs is 1. The van der Waals surface area contributed by atoms with E-state index in [1.54, 1.807) is 7.11 Å². The normalized spacial score (nSPS) is 28.1. The molecule has 1 heterocycles. The lowest BCUT2D eigenvalue weighted by molar-refractivity contribution is 0.398. The summed E-state index contributed by atoms with van der Waals surface area (Å²) in [6.07, 6.45) is 2.34. The third-order valence-electron chi connectivity index (χ3n) is 3.76. The Kier molecular flexibility index (Phi) is 2.83. The standard InChI is InChI=1S/C14H21NO/c1-5-14(3)9-10(2)12-8-11(16-4)6-7-13(12)15-14/h6-8,10,15H,5,9H2,1-4H3. The minimum absolute atomic E-state index is 0.237. The third kappa shape index (κ3) is 1.89. The zero-order valence-corrected chi connectivity index (χ0v) is 10.6. The summed E-state index contributed by atoms with van der Waals surface area (Å²) in [5, 5.41) is 3.65. The van der Waals surface area contributed by atoms with E-state index >= 15 is 0 Å². The van der Waals surface area contributed by atoms with Crippen molar-refractivity contribution in [3.05, 3.63) is 23.8 Å². The molecule has 0 amide bonds. The molecule has 0 bridgehead atoms. The lowest BCUT2D eigenvalue weighted by atomic mass is 9.79. The van der Waals surface area contributed by atoms with Gasteiger partial charge in [0.2, 0.25) is 0 Å². The van der Waals surface area contributed by atoms with Crippen molar-refractivity contribution in [2.24, 2.45) is 0 Å². The smallest absolute Gasteiger partial charge is 0.119 e. The Hall–Kier alpha value is -1.18. The van der Waals surface area contributed by atoms with Gasteiger partial charge in [0.25, 0.3) is 0 Å². The van der Waals surface area contributed by atoms with Crippen molar-refractivity contribution >= 4 is 5.69 Å². The van der Waals surface area contributed by atoms with Crippen molar-refractivity contribution in [2.75, 3.05) is 12.4 Å². The van der Waals surface area contributed by atoms with Gasteiger partial charge in [0.05, 0.1) is 7.11 Å². The van der Waals surface area contributed by atoms with E-state index in [1.165, 1.54) is 17.7 Å². The molecule has 2 nitrogen and oxygen atoms in total. The van der Waals surface area contributed by atoms with Gasteiger partial charge in [-0.1, -0.05) is 13.8 Å². The Morgan fingerprint density at radius 1 is 1.50 bits per heavy atom. The summed E-state index contributed by atoms with van der Waals surface area (Å²) in [4.78, 5) is 0. The maximum Gasteiger partial charge on any atom is 0.119 e. The Bertz CT molecular complexity index is 388. The van der Waals surface area contributed by atoms with Crippen LogP contribution in [0.2, 0.25) is 0 Å². The van der Waals surface area contributed by atoms with Gasteiger partial charge in [0, 0.05) is 11.2 Å². The van der Waals surface area contributed by atoms with Crippen molar-refractivity contribution in [3.63, 3.8) is 0 Å². The number of anilines is 1. The van der Waals surface area contributed by atoms with Crippen molar-refractivity contribution in [2.45, 2.75) is 45.1 Å². The van der Waals surface area contributed by atoms with Gasteiger partial charge in [-0.25, -0.2) is 0 Å². The van der Waals surface area contributed by atoms with E-state index in [-0.39, 0.29) is 5.54 Å². The summed E-state index contributed by atoms with van der Waals surface area (Å²) in [5.41, 5.74) is 2.88. The molecule has 1 aliphatic rings. The van der Waals surface area contributed by atoms with Crippen molar-refractivity contribution < 1.29 is 4.74 Å². The lowest BCUT2D eigenvalue weighted by Crippen LogP contribution is -2.39. The number of rotatable bonds is 2. The summed E-state index contributed by atoms with van der Waals surface area (Å²) in [6.45, 7) is 6.85. The van der Waals surface area contributed by atoms with Crippen LogP contribution in [0.5, 0.6) is 5.75 Å². The van der Waals surface area contributed by atoms with Crippen LogP contribution in [0, 0.1) is 0 Å². The molecule has 2 rings (SSSR count). The SMILES string of the molecule is CCC1(C)CC(C)c2cc(OC)ccc2N1. The van der Waals surface area contributed by atoms with E-state index in [9.17, 15) is 0 Å². The molecular weight excluding hydrogens is 198 g/mol. The van der Waals surface area contributed by atoms with E-state index in [1.807, 2.05) is 6.07 Å². The Morgan fingerprint density at radius 2 is 2.25 bits per heavy atom. The van der Waals surface area contributed by atoms with Gasteiger partial charge in [-0.05, 0) is 49.4 Å². The average Bonchev–Trinajstić information content (AvgIpc) is 2.28. The van der Waals surface area contributed by atoms with Crippen molar-refractivity contribution in [1.82, 2.24) is 0 Å². The predicted octanol–water partition coefficient (Wildman–Crippen LogP) is 3.78. The van der Waals surface area contributed by atoms with Gasteiger partial charge < -0.3 is 10.1 Å². The van der Waals surface area contributed by atoms with Crippen LogP contribution < -0.4 is 10.1 Å². The largest absolute Gasteiger partial charge is 0.497 e. The molecule has 16 heavy (non-hydrogen) atoms. The molecule has 0 aliphatic carbocycles. The predicted molar refractivity (Wildman–Crippen MR) is 68.3 cm³/mol. The highest BCUT2D eigenvalue weighted by molar-refractivity contribution is 5.59. The quantitative estimate of drug-likeness (QED) is 0.817. The highest BCUT2D eigenvalue weighted by Crippen LogP contribution is 2.41. The Labute approximate surface area is 98.0 Å². The molecule has 1 aromatic carbocycles. The summed E-state index contributed by atoms with van der Waals surface area (Å²) < 4.78 is 5.28. The van der Waals surface area contributed by atoms with Crippen LogP contribution in [0.1, 0.15) is 45.1 Å². The zero-order chi connectivity index (χ0) is 11.8. The monoisotopic (exact) mass is 219 g/mol. The maximum absolute atomic E-state index is 5.28. The molecule has 0 fully saturated rings. The fraction of sp³-hybridized carbons (Fsp3) is 0.571. The number of nitrogens with one attached hydrogen (secondary N) is 1. The van der Waals surface area contributed by atoms with E-state index in [2.05, 4.69) is 38.2 Å². The van der Waals surface area contributed by atoms with Crippen LogP contribution in [0.4, 0.5) is 5.69 Å². The fourth-order valence-electron chi connectivity index (χ4n) is 2.58. The molecule has 0 spiro atoms. The second kappa shape index (κ2) is 4.00. The summed E-state index contributed by atoms with van der Waals surface area (Å²) in [7, 11) is 1.72. The molecule has 88 valence electrons. The maximum atomic E-state index is 5.28. The molecule has 0 radical (unpaired) electrons. The van der Waals surface area contributed by atoms with Gasteiger partial charge in [0.1, 0.15) is 5.75 Å². The fourth-order valence-corrected chi connectivity index (χ4v) is 2.58. The highest BCUT2D eigenvalue weighted by Gasteiger charge is 2.31. The van der Waals surface area contributed by atoms with Gasteiger partial charge in [-0.15, -0.1) is 0 Å². The first-order valence-corrected chi connectivity index (χ1v) is 6.04. The summed E-state index contributed by atoms with van der Waals surface area (Å²) in [6, 6.07) is 6.32. The molecule has 2 unspecified atom stereocenters. The first kappa shape index (κ1) is 11.3. The lowest BCUT2D eigenvalue weighted by Gasteiger charge is -2.39. The molecule has 0 saturated heterocycles. The van der Waals surface area contributed by atoms with Crippen LogP contribution in [0.25, 0.3) is 0 Å². The molecule has 1 aromatic rings. The molecule has 0 aromatic heterocycles. The number of hydrogen-bond acceptors (Lipinski definition) is 2. The van der Waals surface area contributed by atoms with Crippen LogP contribution in [0.15, 0.2) is 18.2 Å². The molecule has 2 atom stereocenters. The molecular formula is C14H21NO. The highest BCUT2D eigenvalue weighted by atomic mass is 16.5. The van der Waals surface area contributed by atoms with Gasteiger partial charge >= 0.3 is 0 Å². The van der Waals surface area contributed by atoms with E-state index in [4.69, 9.17) is 4.74 Å². The van der Waals surface area contributed by atoms with Crippen molar-refractivity contribution in [3.8, 4) is 5.75 Å². The second-order valence-corrected chi connectivity index (χ2v) is 5.10. The van der Waals surface area contributed by atoms with Crippen molar-refractivity contribution in [1.29, 1.82) is 0 Å². The minimum atomic E-state index is 0.237. The number of hydrogen-bond donors (Lipinski definition) is 1. The first-order valence-electron chi connectivity index (χ1n) is 6.04. The second-order valence-electron chi connectivity index (χ2n) is 5.10. The van der Waals surface area contributed by atoms with Crippen LogP contribution in [-0.2, 0) is 0 Å². The van der Waals surface area contributed by atoms with E-state index in [0.717, 1.165) is 12.2 Å². The van der Waals surface area contributed by atoms with Crippen LogP contribution in [-0.4, -0.2) is 12.6 Å². The number of methoxy groups -OCH3 is 1. The summed E-state index contributed by atoms with van der Waals surface area (Å²) >= 11 is 0. The van der Waals surface area contributed by atoms with E-state index in [0.29, 0.717) is 5.92 Å². The minimum Gasteiger partial charge on any atom is -0.497 e. The van der Waals surface area contributed by atoms with Gasteiger partial charge in [-0.3, -0.25) is 0 Å². The molecule has 1 N–H and O–H groups in total. The zero-order valence-electron chi connectivity index (χ0n) is 10.6. The molecule has 0 saturated carbocycles. The topological polar surface area (TPSA) is 21.3 Å². The van der Waals surface area contributed by atoms with Crippen LogP contribution >= 0.6 is 0 Å². The number of ether oxygens (including phenoxy) is 1. The average molecular weight is 219 g/mol.